The predicted octanol–water partition coefficient (Wildman–Crippen LogP) is 6.04. The Morgan fingerprint density at radius 3 is 1.88 bits per heavy atom. The van der Waals surface area contributed by atoms with Gasteiger partial charge in [-0.2, -0.15) is 0 Å². The van der Waals surface area contributed by atoms with Crippen molar-refractivity contribution in [1.82, 2.24) is 0 Å². The van der Waals surface area contributed by atoms with E-state index in [1.165, 1.54) is 24.3 Å². The third-order valence-corrected chi connectivity index (χ3v) is 3.26. The molecule has 0 fully saturated rings. The molecular weight excluding hydrogens is 317 g/mol. The number of para-hydroxylation sites is 1. The van der Waals surface area contributed by atoms with Gasteiger partial charge in [-0.1, -0.05) is 48.5 Å². The van der Waals surface area contributed by atoms with Crippen molar-refractivity contribution in [2.24, 2.45) is 0 Å². The van der Waals surface area contributed by atoms with Crippen molar-refractivity contribution < 1.29 is 22.6 Å². The van der Waals surface area contributed by atoms with E-state index in [1.807, 2.05) is 54.6 Å². The van der Waals surface area contributed by atoms with E-state index in [4.69, 9.17) is 4.74 Å². The third kappa shape index (κ3) is 4.07. The van der Waals surface area contributed by atoms with Crippen LogP contribution >= 0.6 is 0 Å². The summed E-state index contributed by atoms with van der Waals surface area (Å²) in [5, 5.41) is 0. The highest BCUT2D eigenvalue weighted by Crippen LogP contribution is 2.34. The van der Waals surface area contributed by atoms with Crippen LogP contribution in [0.4, 0.5) is 13.2 Å². The van der Waals surface area contributed by atoms with E-state index in [0.717, 1.165) is 11.1 Å². The van der Waals surface area contributed by atoms with E-state index < -0.39 is 6.36 Å². The largest absolute Gasteiger partial charge is 0.573 e. The summed E-state index contributed by atoms with van der Waals surface area (Å²) in [6.45, 7) is 0. The van der Waals surface area contributed by atoms with Crippen LogP contribution in [0.2, 0.25) is 0 Å². The lowest BCUT2D eigenvalue weighted by atomic mass is 10.1. The Morgan fingerprint density at radius 2 is 1.21 bits per heavy atom. The zero-order chi connectivity index (χ0) is 17.0. The second-order valence-corrected chi connectivity index (χ2v) is 4.98. The zero-order valence-electron chi connectivity index (χ0n) is 12.5. The number of halogens is 3. The first-order valence-corrected chi connectivity index (χ1v) is 7.19. The Morgan fingerprint density at radius 1 is 0.625 bits per heavy atom. The minimum absolute atomic E-state index is 0.286. The summed E-state index contributed by atoms with van der Waals surface area (Å²) >= 11 is 0. The summed E-state index contributed by atoms with van der Waals surface area (Å²) in [5.41, 5.74) is 1.89. The average Bonchev–Trinajstić information content (AvgIpc) is 2.57. The maximum atomic E-state index is 12.2. The molecule has 0 aliphatic rings. The van der Waals surface area contributed by atoms with Gasteiger partial charge in [0, 0.05) is 5.56 Å². The Kier molecular flexibility index (Phi) is 4.42. The van der Waals surface area contributed by atoms with Gasteiger partial charge >= 0.3 is 6.36 Å². The average molecular weight is 330 g/mol. The molecule has 122 valence electrons. The summed E-state index contributed by atoms with van der Waals surface area (Å²) in [7, 11) is 0. The van der Waals surface area contributed by atoms with Crippen LogP contribution in [0.15, 0.2) is 78.9 Å². The van der Waals surface area contributed by atoms with Gasteiger partial charge in [-0.15, -0.1) is 13.2 Å². The van der Waals surface area contributed by atoms with Crippen molar-refractivity contribution in [3.63, 3.8) is 0 Å². The molecule has 0 bridgehead atoms. The molecule has 3 aromatic rings. The molecule has 0 saturated heterocycles. The topological polar surface area (TPSA) is 18.5 Å². The number of hydrogen-bond donors (Lipinski definition) is 0. The summed E-state index contributed by atoms with van der Waals surface area (Å²) in [6, 6.07) is 22.5. The van der Waals surface area contributed by atoms with E-state index in [1.54, 1.807) is 0 Å². The van der Waals surface area contributed by atoms with E-state index >= 15 is 0 Å². The summed E-state index contributed by atoms with van der Waals surface area (Å²) < 4.78 is 46.2. The van der Waals surface area contributed by atoms with Crippen molar-refractivity contribution in [2.75, 3.05) is 0 Å². The van der Waals surface area contributed by atoms with Crippen molar-refractivity contribution in [3.8, 4) is 28.4 Å². The van der Waals surface area contributed by atoms with Crippen LogP contribution in [0.3, 0.4) is 0 Å². The lowest BCUT2D eigenvalue weighted by Crippen LogP contribution is -2.16. The fourth-order valence-corrected chi connectivity index (χ4v) is 2.25. The number of alkyl halides is 3. The van der Waals surface area contributed by atoms with E-state index in [-0.39, 0.29) is 5.75 Å². The molecule has 0 heterocycles. The molecular formula is C19H13F3O2. The lowest BCUT2D eigenvalue weighted by Gasteiger charge is -2.12. The van der Waals surface area contributed by atoms with Crippen LogP contribution in [-0.4, -0.2) is 6.36 Å². The highest BCUT2D eigenvalue weighted by Gasteiger charge is 2.30. The fourth-order valence-electron chi connectivity index (χ4n) is 2.25. The normalized spacial score (nSPS) is 11.1. The standard InChI is InChI=1S/C19H13F3O2/c20-19(21,22)24-16-12-10-15(11-13-16)23-18-9-5-4-8-17(18)14-6-2-1-3-7-14/h1-13H. The molecule has 0 aliphatic carbocycles. The van der Waals surface area contributed by atoms with Crippen LogP contribution in [0.1, 0.15) is 0 Å². The van der Waals surface area contributed by atoms with Crippen molar-refractivity contribution in [1.29, 1.82) is 0 Å². The van der Waals surface area contributed by atoms with Crippen molar-refractivity contribution in [2.45, 2.75) is 6.36 Å². The summed E-state index contributed by atoms with van der Waals surface area (Å²) in [6.07, 6.45) is -4.71. The van der Waals surface area contributed by atoms with Crippen LogP contribution in [0.25, 0.3) is 11.1 Å². The maximum Gasteiger partial charge on any atom is 0.573 e. The van der Waals surface area contributed by atoms with Gasteiger partial charge < -0.3 is 9.47 Å². The van der Waals surface area contributed by atoms with Gasteiger partial charge in [0.2, 0.25) is 0 Å². The Bertz CT molecular complexity index is 797. The number of ether oxygens (including phenoxy) is 2. The van der Waals surface area contributed by atoms with Crippen LogP contribution in [0.5, 0.6) is 17.2 Å². The molecule has 0 saturated carbocycles. The van der Waals surface area contributed by atoms with E-state index in [0.29, 0.717) is 11.5 Å². The predicted molar refractivity (Wildman–Crippen MR) is 85.1 cm³/mol. The molecule has 24 heavy (non-hydrogen) atoms. The van der Waals surface area contributed by atoms with Crippen LogP contribution < -0.4 is 9.47 Å². The smallest absolute Gasteiger partial charge is 0.457 e. The third-order valence-electron chi connectivity index (χ3n) is 3.26. The Balaban J connectivity index is 1.82. The van der Waals surface area contributed by atoms with Crippen molar-refractivity contribution in [3.05, 3.63) is 78.9 Å². The fraction of sp³-hybridized carbons (Fsp3) is 0.0526. The minimum Gasteiger partial charge on any atom is -0.457 e. The molecule has 0 unspecified atom stereocenters. The van der Waals surface area contributed by atoms with Gasteiger partial charge in [0.05, 0.1) is 0 Å². The molecule has 5 heteroatoms. The maximum absolute atomic E-state index is 12.2. The highest BCUT2D eigenvalue weighted by molar-refractivity contribution is 5.70. The molecule has 2 nitrogen and oxygen atoms in total. The monoisotopic (exact) mass is 330 g/mol. The first kappa shape index (κ1) is 15.9. The Labute approximate surface area is 137 Å². The van der Waals surface area contributed by atoms with Gasteiger partial charge in [0.15, 0.2) is 0 Å². The van der Waals surface area contributed by atoms with Gasteiger partial charge in [-0.25, -0.2) is 0 Å². The van der Waals surface area contributed by atoms with Crippen molar-refractivity contribution >= 4 is 0 Å². The van der Waals surface area contributed by atoms with Gasteiger partial charge in [0.1, 0.15) is 17.2 Å². The number of benzene rings is 3. The number of rotatable bonds is 4. The first-order valence-electron chi connectivity index (χ1n) is 7.19. The second-order valence-electron chi connectivity index (χ2n) is 4.98. The number of hydrogen-bond acceptors (Lipinski definition) is 2. The van der Waals surface area contributed by atoms with Gasteiger partial charge in [-0.05, 0) is 35.9 Å². The molecule has 0 amide bonds. The molecule has 0 aliphatic heterocycles. The Hall–Kier alpha value is -2.95. The van der Waals surface area contributed by atoms with E-state index in [9.17, 15) is 13.2 Å². The van der Waals surface area contributed by atoms with Crippen LogP contribution in [-0.2, 0) is 0 Å². The molecule has 0 aromatic heterocycles. The van der Waals surface area contributed by atoms with Crippen LogP contribution in [0, 0.1) is 0 Å². The minimum atomic E-state index is -4.71. The van der Waals surface area contributed by atoms with Gasteiger partial charge in [0.25, 0.3) is 0 Å². The lowest BCUT2D eigenvalue weighted by molar-refractivity contribution is -0.274. The molecule has 0 atom stereocenters. The molecule has 0 spiro atoms. The summed E-state index contributed by atoms with van der Waals surface area (Å²) in [4.78, 5) is 0. The summed E-state index contributed by atoms with van der Waals surface area (Å²) in [5.74, 6) is 0.757. The second kappa shape index (κ2) is 6.66. The quantitative estimate of drug-likeness (QED) is 0.580. The zero-order valence-corrected chi connectivity index (χ0v) is 12.5. The molecule has 0 radical (unpaired) electrons. The highest BCUT2D eigenvalue weighted by atomic mass is 19.4. The van der Waals surface area contributed by atoms with E-state index in [2.05, 4.69) is 4.74 Å². The molecule has 3 rings (SSSR count). The molecule has 0 N–H and O–H groups in total. The SMILES string of the molecule is FC(F)(F)Oc1ccc(Oc2ccccc2-c2ccccc2)cc1. The van der Waals surface area contributed by atoms with Gasteiger partial charge in [-0.3, -0.25) is 0 Å². The first-order chi connectivity index (χ1) is 11.5. The molecule has 3 aromatic carbocycles.